The number of rotatable bonds is 4. The maximum absolute atomic E-state index is 9.47. The zero-order valence-corrected chi connectivity index (χ0v) is 8.97. The van der Waals surface area contributed by atoms with E-state index >= 15 is 0 Å². The summed E-state index contributed by atoms with van der Waals surface area (Å²) in [5, 5.41) is 9.47. The summed E-state index contributed by atoms with van der Waals surface area (Å²) in [4.78, 5) is 2.56. The summed E-state index contributed by atoms with van der Waals surface area (Å²) >= 11 is 1.75. The standard InChI is InChI=1S/C10H17NOS/c1-3-10(12)9(11)6-8-5-4-7(2)13-8/h4-5,9-10,12H,3,6,11H2,1-2H3. The Labute approximate surface area is 83.4 Å². The SMILES string of the molecule is CCC(O)C(N)Cc1ccc(C)s1. The second-order valence-electron chi connectivity index (χ2n) is 3.36. The monoisotopic (exact) mass is 199 g/mol. The topological polar surface area (TPSA) is 46.2 Å². The molecule has 0 fully saturated rings. The van der Waals surface area contributed by atoms with Crippen molar-refractivity contribution in [1.82, 2.24) is 0 Å². The maximum atomic E-state index is 9.47. The highest BCUT2D eigenvalue weighted by molar-refractivity contribution is 7.11. The zero-order chi connectivity index (χ0) is 9.84. The Morgan fingerprint density at radius 3 is 2.69 bits per heavy atom. The van der Waals surface area contributed by atoms with Gasteiger partial charge in [0.25, 0.3) is 0 Å². The molecule has 1 heterocycles. The second-order valence-corrected chi connectivity index (χ2v) is 4.73. The van der Waals surface area contributed by atoms with E-state index in [1.165, 1.54) is 9.75 Å². The first-order valence-corrected chi connectivity index (χ1v) is 5.44. The highest BCUT2D eigenvalue weighted by atomic mass is 32.1. The van der Waals surface area contributed by atoms with Crippen LogP contribution in [-0.2, 0) is 6.42 Å². The van der Waals surface area contributed by atoms with Crippen molar-refractivity contribution in [2.75, 3.05) is 0 Å². The van der Waals surface area contributed by atoms with Crippen LogP contribution in [0.1, 0.15) is 23.1 Å². The van der Waals surface area contributed by atoms with Crippen LogP contribution in [-0.4, -0.2) is 17.3 Å². The molecule has 2 atom stereocenters. The largest absolute Gasteiger partial charge is 0.392 e. The van der Waals surface area contributed by atoms with Crippen LogP contribution >= 0.6 is 11.3 Å². The number of aliphatic hydroxyl groups excluding tert-OH is 1. The molecule has 0 radical (unpaired) electrons. The highest BCUT2D eigenvalue weighted by Crippen LogP contribution is 2.17. The van der Waals surface area contributed by atoms with E-state index in [1.807, 2.05) is 6.92 Å². The predicted molar refractivity (Wildman–Crippen MR) is 57.0 cm³/mol. The Bertz CT molecular complexity index is 259. The lowest BCUT2D eigenvalue weighted by Crippen LogP contribution is -2.35. The lowest BCUT2D eigenvalue weighted by molar-refractivity contribution is 0.140. The molecular weight excluding hydrogens is 182 g/mol. The van der Waals surface area contributed by atoms with Gasteiger partial charge in [0.15, 0.2) is 0 Å². The van der Waals surface area contributed by atoms with Crippen LogP contribution in [0.15, 0.2) is 12.1 Å². The van der Waals surface area contributed by atoms with Gasteiger partial charge in [0.2, 0.25) is 0 Å². The molecule has 0 aliphatic heterocycles. The number of aryl methyl sites for hydroxylation is 1. The lowest BCUT2D eigenvalue weighted by Gasteiger charge is -2.15. The third-order valence-corrected chi connectivity index (χ3v) is 3.17. The van der Waals surface area contributed by atoms with Crippen molar-refractivity contribution in [3.8, 4) is 0 Å². The molecule has 1 rings (SSSR count). The fraction of sp³-hybridized carbons (Fsp3) is 0.600. The van der Waals surface area contributed by atoms with E-state index < -0.39 is 0 Å². The third-order valence-electron chi connectivity index (χ3n) is 2.15. The number of nitrogens with two attached hydrogens (primary N) is 1. The molecule has 74 valence electrons. The molecule has 2 nitrogen and oxygen atoms in total. The van der Waals surface area contributed by atoms with Gasteiger partial charge in [-0.25, -0.2) is 0 Å². The minimum atomic E-state index is -0.373. The van der Waals surface area contributed by atoms with E-state index in [0.29, 0.717) is 0 Å². The second kappa shape index (κ2) is 4.74. The summed E-state index contributed by atoms with van der Waals surface area (Å²) in [6.07, 6.45) is 1.14. The first-order valence-electron chi connectivity index (χ1n) is 4.62. The molecule has 0 aromatic carbocycles. The summed E-state index contributed by atoms with van der Waals surface area (Å²) in [6, 6.07) is 4.05. The van der Waals surface area contributed by atoms with Crippen LogP contribution in [0.5, 0.6) is 0 Å². The molecular formula is C10H17NOS. The van der Waals surface area contributed by atoms with Crippen molar-refractivity contribution < 1.29 is 5.11 Å². The summed E-state index contributed by atoms with van der Waals surface area (Å²) in [5.41, 5.74) is 5.83. The average Bonchev–Trinajstić information content (AvgIpc) is 2.49. The van der Waals surface area contributed by atoms with Gasteiger partial charge in [0.05, 0.1) is 6.10 Å². The Kier molecular flexibility index (Phi) is 3.90. The Morgan fingerprint density at radius 1 is 1.54 bits per heavy atom. The van der Waals surface area contributed by atoms with Crippen molar-refractivity contribution in [2.45, 2.75) is 38.8 Å². The van der Waals surface area contributed by atoms with Crippen LogP contribution in [0.25, 0.3) is 0 Å². The number of aliphatic hydroxyl groups is 1. The van der Waals surface area contributed by atoms with Crippen LogP contribution in [0.3, 0.4) is 0 Å². The van der Waals surface area contributed by atoms with Gasteiger partial charge in [0.1, 0.15) is 0 Å². The summed E-state index contributed by atoms with van der Waals surface area (Å²) < 4.78 is 0. The van der Waals surface area contributed by atoms with Crippen molar-refractivity contribution in [2.24, 2.45) is 5.73 Å². The summed E-state index contributed by atoms with van der Waals surface area (Å²) in [7, 11) is 0. The first kappa shape index (κ1) is 10.7. The van der Waals surface area contributed by atoms with Gasteiger partial charge < -0.3 is 10.8 Å². The smallest absolute Gasteiger partial charge is 0.0692 e. The minimum absolute atomic E-state index is 0.122. The molecule has 13 heavy (non-hydrogen) atoms. The molecule has 0 aliphatic carbocycles. The van der Waals surface area contributed by atoms with Crippen LogP contribution < -0.4 is 5.73 Å². The third kappa shape index (κ3) is 3.10. The van der Waals surface area contributed by atoms with Crippen molar-refractivity contribution in [3.05, 3.63) is 21.9 Å². The Morgan fingerprint density at radius 2 is 2.23 bits per heavy atom. The molecule has 3 N–H and O–H groups in total. The van der Waals surface area contributed by atoms with E-state index in [-0.39, 0.29) is 12.1 Å². The molecule has 1 aromatic rings. The minimum Gasteiger partial charge on any atom is -0.392 e. The molecule has 1 aromatic heterocycles. The van der Waals surface area contributed by atoms with Gasteiger partial charge in [-0.1, -0.05) is 6.92 Å². The fourth-order valence-corrected chi connectivity index (χ4v) is 2.23. The van der Waals surface area contributed by atoms with Crippen molar-refractivity contribution in [3.63, 3.8) is 0 Å². The van der Waals surface area contributed by atoms with Gasteiger partial charge in [-0.15, -0.1) is 11.3 Å². The van der Waals surface area contributed by atoms with Gasteiger partial charge >= 0.3 is 0 Å². The Hall–Kier alpha value is -0.380. The fourth-order valence-electron chi connectivity index (χ4n) is 1.27. The van der Waals surface area contributed by atoms with E-state index in [9.17, 15) is 5.11 Å². The van der Waals surface area contributed by atoms with Crippen LogP contribution in [0.2, 0.25) is 0 Å². The number of thiophene rings is 1. The van der Waals surface area contributed by atoms with E-state index in [4.69, 9.17) is 5.73 Å². The first-order chi connectivity index (χ1) is 6.13. The van der Waals surface area contributed by atoms with Crippen LogP contribution in [0, 0.1) is 6.92 Å². The molecule has 0 spiro atoms. The normalized spacial score (nSPS) is 15.7. The van der Waals surface area contributed by atoms with Crippen molar-refractivity contribution >= 4 is 11.3 Å². The number of hydrogen-bond acceptors (Lipinski definition) is 3. The molecule has 0 amide bonds. The van der Waals surface area contributed by atoms with Gasteiger partial charge in [-0.2, -0.15) is 0 Å². The van der Waals surface area contributed by atoms with Crippen molar-refractivity contribution in [1.29, 1.82) is 0 Å². The van der Waals surface area contributed by atoms with Gasteiger partial charge in [-0.3, -0.25) is 0 Å². The lowest BCUT2D eigenvalue weighted by atomic mass is 10.1. The summed E-state index contributed by atoms with van der Waals surface area (Å²) in [5.74, 6) is 0. The molecule has 2 unspecified atom stereocenters. The van der Waals surface area contributed by atoms with Crippen LogP contribution in [0.4, 0.5) is 0 Å². The van der Waals surface area contributed by atoms with E-state index in [0.717, 1.165) is 12.8 Å². The summed E-state index contributed by atoms with van der Waals surface area (Å²) in [6.45, 7) is 4.03. The van der Waals surface area contributed by atoms with E-state index in [2.05, 4.69) is 19.1 Å². The molecule has 3 heteroatoms. The predicted octanol–water partition coefficient (Wildman–Crippen LogP) is 1.70. The number of hydrogen-bond donors (Lipinski definition) is 2. The zero-order valence-electron chi connectivity index (χ0n) is 8.16. The van der Waals surface area contributed by atoms with Gasteiger partial charge in [0, 0.05) is 15.8 Å². The molecule has 0 saturated carbocycles. The molecule has 0 bridgehead atoms. The van der Waals surface area contributed by atoms with Gasteiger partial charge in [-0.05, 0) is 31.9 Å². The molecule has 0 aliphatic rings. The quantitative estimate of drug-likeness (QED) is 0.775. The highest BCUT2D eigenvalue weighted by Gasteiger charge is 2.13. The Balaban J connectivity index is 2.49. The van der Waals surface area contributed by atoms with E-state index in [1.54, 1.807) is 11.3 Å². The molecule has 0 saturated heterocycles. The average molecular weight is 199 g/mol. The maximum Gasteiger partial charge on any atom is 0.0692 e.